The molecule has 170 valence electrons. The van der Waals surface area contributed by atoms with E-state index >= 15 is 0 Å². The van der Waals surface area contributed by atoms with Crippen LogP contribution in [0, 0.1) is 0 Å². The van der Waals surface area contributed by atoms with Crippen LogP contribution >= 0.6 is 11.3 Å². The number of carbonyl (C=O) groups excluding carboxylic acids is 1. The summed E-state index contributed by atoms with van der Waals surface area (Å²) >= 11 is 1.67. The Morgan fingerprint density at radius 3 is 2.73 bits per heavy atom. The number of anilines is 1. The molecule has 1 aromatic carbocycles. The zero-order valence-corrected chi connectivity index (χ0v) is 18.6. The van der Waals surface area contributed by atoms with Gasteiger partial charge in [-0.25, -0.2) is 9.78 Å². The number of rotatable bonds is 5. The van der Waals surface area contributed by atoms with E-state index in [1.54, 1.807) is 28.8 Å². The second-order valence-corrected chi connectivity index (χ2v) is 9.56. The van der Waals surface area contributed by atoms with Crippen molar-refractivity contribution in [2.75, 3.05) is 31.6 Å². The number of amides is 2. The molecule has 2 aromatic heterocycles. The number of nitrogens with one attached hydrogen (secondary N) is 1. The minimum absolute atomic E-state index is 0.155. The van der Waals surface area contributed by atoms with Gasteiger partial charge in [-0.1, -0.05) is 12.1 Å². The molecular weight excluding hydrogens is 442 g/mol. The first kappa shape index (κ1) is 20.5. The third-order valence-electron chi connectivity index (χ3n) is 6.37. The van der Waals surface area contributed by atoms with Crippen molar-refractivity contribution in [3.63, 3.8) is 0 Å². The number of imidazole rings is 1. The van der Waals surface area contributed by atoms with Crippen molar-refractivity contribution >= 4 is 34.1 Å². The van der Waals surface area contributed by atoms with Crippen LogP contribution in [-0.2, 0) is 10.3 Å². The molecule has 0 spiro atoms. The van der Waals surface area contributed by atoms with Crippen molar-refractivity contribution in [2.24, 2.45) is 15.4 Å². The van der Waals surface area contributed by atoms with Crippen LogP contribution in [0.15, 0.2) is 52.2 Å². The van der Waals surface area contributed by atoms with Gasteiger partial charge in [0.25, 0.3) is 0 Å². The van der Waals surface area contributed by atoms with Crippen LogP contribution in [0.2, 0.25) is 0 Å². The Kier molecular flexibility index (Phi) is 4.97. The third-order valence-corrected chi connectivity index (χ3v) is 7.64. The molecule has 2 aliphatic heterocycles. The summed E-state index contributed by atoms with van der Waals surface area (Å²) in [4.78, 5) is 20.6. The van der Waals surface area contributed by atoms with Crippen molar-refractivity contribution < 1.29 is 14.6 Å². The van der Waals surface area contributed by atoms with Crippen molar-refractivity contribution in [1.29, 1.82) is 0 Å². The zero-order chi connectivity index (χ0) is 22.4. The van der Waals surface area contributed by atoms with Crippen LogP contribution in [-0.4, -0.2) is 57.9 Å². The van der Waals surface area contributed by atoms with Gasteiger partial charge in [0, 0.05) is 23.7 Å². The fourth-order valence-corrected chi connectivity index (χ4v) is 5.68. The van der Waals surface area contributed by atoms with Crippen LogP contribution < -0.4 is 5.32 Å². The number of nitrogens with zero attached hydrogens (tertiary/aromatic N) is 6. The number of hydrogen-bond donors (Lipinski definition) is 2. The minimum Gasteiger partial charge on any atom is -0.383 e. The molecule has 0 bridgehead atoms. The van der Waals surface area contributed by atoms with Crippen LogP contribution in [0.5, 0.6) is 0 Å². The molecule has 2 unspecified atom stereocenters. The van der Waals surface area contributed by atoms with Crippen molar-refractivity contribution in [3.8, 4) is 0 Å². The standard InChI is InChI=1S/C22H23N7O3S/c30-20(18-19(14-1-2-14)33-17-11-23-13-29(17)18)22(12-24-27-26-22)15-3-5-16(6-4-15)25-21(31)28-7-9-32-10-8-28/h3-6,11-14,20,30H,1-2,7-10H2,(H,25,31). The third kappa shape index (κ3) is 3.52. The first-order valence-electron chi connectivity index (χ1n) is 11.0. The lowest BCUT2D eigenvalue weighted by molar-refractivity contribution is 0.0564. The molecule has 2 fully saturated rings. The summed E-state index contributed by atoms with van der Waals surface area (Å²) < 4.78 is 7.25. The number of ether oxygens (including phenoxy) is 1. The van der Waals surface area contributed by atoms with Gasteiger partial charge in [-0.3, -0.25) is 4.40 Å². The molecule has 3 aliphatic rings. The summed E-state index contributed by atoms with van der Waals surface area (Å²) in [5.74, 6) is 0.463. The molecule has 3 aromatic rings. The zero-order valence-electron chi connectivity index (χ0n) is 17.8. The monoisotopic (exact) mass is 465 g/mol. The van der Waals surface area contributed by atoms with Crippen molar-refractivity contribution in [3.05, 3.63) is 52.9 Å². The van der Waals surface area contributed by atoms with Gasteiger partial charge in [0.2, 0.25) is 0 Å². The maximum atomic E-state index is 12.5. The van der Waals surface area contributed by atoms with Gasteiger partial charge in [0.15, 0.2) is 5.54 Å². The molecule has 33 heavy (non-hydrogen) atoms. The summed E-state index contributed by atoms with van der Waals surface area (Å²) in [6, 6.07) is 7.17. The van der Waals surface area contributed by atoms with E-state index in [1.807, 2.05) is 34.9 Å². The number of thiazole rings is 1. The Bertz CT molecular complexity index is 1230. The maximum absolute atomic E-state index is 12.5. The molecule has 1 saturated heterocycles. The average Bonchev–Trinajstić information content (AvgIpc) is 3.23. The SMILES string of the molecule is O=C(Nc1ccc(C2(C(O)c3c(C4CC4)sc4cncn34)C=NN=N2)cc1)N1CCOCC1. The largest absolute Gasteiger partial charge is 0.383 e. The van der Waals surface area contributed by atoms with E-state index in [-0.39, 0.29) is 6.03 Å². The van der Waals surface area contributed by atoms with Crippen molar-refractivity contribution in [1.82, 2.24) is 14.3 Å². The number of benzene rings is 1. The first-order chi connectivity index (χ1) is 16.2. The van der Waals surface area contributed by atoms with E-state index in [0.29, 0.717) is 37.9 Å². The lowest BCUT2D eigenvalue weighted by atomic mass is 9.84. The highest BCUT2D eigenvalue weighted by molar-refractivity contribution is 7.17. The van der Waals surface area contributed by atoms with Gasteiger partial charge in [0.1, 0.15) is 17.3 Å². The van der Waals surface area contributed by atoms with Gasteiger partial charge < -0.3 is 20.1 Å². The van der Waals surface area contributed by atoms with Crippen molar-refractivity contribution in [2.45, 2.75) is 30.4 Å². The Hall–Kier alpha value is -3.15. The fourth-order valence-electron chi connectivity index (χ4n) is 4.38. The molecule has 10 nitrogen and oxygen atoms in total. The molecule has 6 rings (SSSR count). The number of carbonyl (C=O) groups is 1. The Morgan fingerprint density at radius 2 is 2.03 bits per heavy atom. The quantitative estimate of drug-likeness (QED) is 0.600. The highest BCUT2D eigenvalue weighted by Crippen LogP contribution is 2.50. The highest BCUT2D eigenvalue weighted by Gasteiger charge is 2.46. The molecule has 11 heteroatoms. The van der Waals surface area contributed by atoms with E-state index in [2.05, 4.69) is 25.7 Å². The normalized spacial score (nSPS) is 23.4. The highest BCUT2D eigenvalue weighted by atomic mass is 32.1. The lowest BCUT2D eigenvalue weighted by Crippen LogP contribution is -2.43. The van der Waals surface area contributed by atoms with Crippen LogP contribution in [0.1, 0.15) is 41.0 Å². The van der Waals surface area contributed by atoms with Gasteiger partial charge in [-0.05, 0) is 41.7 Å². The summed E-state index contributed by atoms with van der Waals surface area (Å²) in [5.41, 5.74) is 1.06. The van der Waals surface area contributed by atoms with Gasteiger partial charge in [0.05, 0.1) is 31.3 Å². The molecule has 1 aliphatic carbocycles. The molecular formula is C22H23N7O3S. The fraction of sp³-hybridized carbons (Fsp3) is 0.409. The number of aliphatic hydroxyl groups excluding tert-OH is 1. The number of hydrogen-bond acceptors (Lipinski definition) is 8. The Balaban J connectivity index is 1.30. The van der Waals surface area contributed by atoms with E-state index in [9.17, 15) is 9.90 Å². The van der Waals surface area contributed by atoms with Crippen LogP contribution in [0.25, 0.3) is 4.83 Å². The predicted octanol–water partition coefficient (Wildman–Crippen LogP) is 3.52. The van der Waals surface area contributed by atoms with E-state index in [1.165, 1.54) is 4.88 Å². The van der Waals surface area contributed by atoms with Gasteiger partial charge >= 0.3 is 6.03 Å². The lowest BCUT2D eigenvalue weighted by Gasteiger charge is -2.29. The molecule has 4 heterocycles. The predicted molar refractivity (Wildman–Crippen MR) is 123 cm³/mol. The van der Waals surface area contributed by atoms with E-state index < -0.39 is 11.6 Å². The topological polar surface area (TPSA) is 116 Å². The van der Waals surface area contributed by atoms with E-state index in [0.717, 1.165) is 28.9 Å². The Labute approximate surface area is 193 Å². The molecule has 0 radical (unpaired) electrons. The summed E-state index contributed by atoms with van der Waals surface area (Å²) in [6.07, 6.45) is 6.40. The number of urea groups is 1. The Morgan fingerprint density at radius 1 is 1.24 bits per heavy atom. The smallest absolute Gasteiger partial charge is 0.321 e. The maximum Gasteiger partial charge on any atom is 0.321 e. The number of aliphatic hydroxyl groups is 1. The number of aromatic nitrogens is 2. The minimum atomic E-state index is -1.14. The number of morpholine rings is 1. The summed E-state index contributed by atoms with van der Waals surface area (Å²) in [5, 5.41) is 26.9. The average molecular weight is 466 g/mol. The van der Waals surface area contributed by atoms with Crippen LogP contribution in [0.4, 0.5) is 10.5 Å². The molecule has 2 atom stereocenters. The van der Waals surface area contributed by atoms with Crippen LogP contribution in [0.3, 0.4) is 0 Å². The second-order valence-electron chi connectivity index (χ2n) is 8.50. The second kappa shape index (κ2) is 8.01. The first-order valence-corrected chi connectivity index (χ1v) is 11.8. The van der Waals surface area contributed by atoms with Gasteiger partial charge in [-0.2, -0.15) is 0 Å². The summed E-state index contributed by atoms with van der Waals surface area (Å²) in [6.45, 7) is 2.24. The van der Waals surface area contributed by atoms with Gasteiger partial charge in [-0.15, -0.1) is 21.6 Å². The van der Waals surface area contributed by atoms with E-state index in [4.69, 9.17) is 4.74 Å². The molecule has 2 amide bonds. The number of fused-ring (bicyclic) bond motifs is 1. The molecule has 1 saturated carbocycles. The molecule has 2 N–H and O–H groups in total. The summed E-state index contributed by atoms with van der Waals surface area (Å²) in [7, 11) is 0.